The van der Waals surface area contributed by atoms with Crippen LogP contribution in [0.25, 0.3) is 0 Å². The van der Waals surface area contributed by atoms with Gasteiger partial charge in [-0.3, -0.25) is 18.6 Å². The van der Waals surface area contributed by atoms with Gasteiger partial charge in [-0.1, -0.05) is 120 Å². The van der Waals surface area contributed by atoms with Crippen molar-refractivity contribution in [2.75, 3.05) is 47.5 Å². The number of carbonyl (C=O) groups excluding carboxylic acids is 2. The molecule has 1 N–H and O–H groups in total. The molecule has 0 radical (unpaired) electrons. The molecule has 2 atom stereocenters. The fraction of sp³-hybridized carbons (Fsp3) is 0.744. The monoisotopic (exact) mass is 712 g/mol. The third-order valence-corrected chi connectivity index (χ3v) is 8.61. The first-order valence-corrected chi connectivity index (χ1v) is 20.4. The number of hydrogen-bond acceptors (Lipinski definition) is 7. The Labute approximate surface area is 299 Å². The quantitative estimate of drug-likeness (QED) is 0.0236. The molecule has 0 spiro atoms. The minimum Gasteiger partial charge on any atom is -0.462 e. The Hall–Kier alpha value is -2.03. The molecule has 1 unspecified atom stereocenters. The van der Waals surface area contributed by atoms with Gasteiger partial charge in [0.1, 0.15) is 19.8 Å². The molecule has 0 saturated carbocycles. The Kier molecular flexibility index (Phi) is 30.6. The van der Waals surface area contributed by atoms with Gasteiger partial charge in [0.25, 0.3) is 0 Å². The van der Waals surface area contributed by atoms with Crippen LogP contribution in [0.2, 0.25) is 0 Å². The van der Waals surface area contributed by atoms with Gasteiger partial charge in [-0.25, -0.2) is 4.57 Å². The molecule has 0 rings (SSSR count). The Morgan fingerprint density at radius 3 is 1.73 bits per heavy atom. The standard InChI is InChI=1S/C39H70NO8P/c1-6-8-10-12-14-16-18-19-20-21-22-24-26-28-30-32-39(42)48-37(36-47-49(43,44)46-34-33-40(3,4)5)35-45-38(41)31-29-27-25-23-17-15-13-11-9-7-2/h8,10,14,16,19-20,22,24,37H,6-7,9,11-13,15,17-18,21,23,25-36H2,1-5H3/p+1/b10-8+,16-14+,20-19+,24-22+/t37-/m1/s1. The Bertz CT molecular complexity index is 986. The van der Waals surface area contributed by atoms with Gasteiger partial charge < -0.3 is 18.9 Å². The average Bonchev–Trinajstić information content (AvgIpc) is 3.04. The lowest BCUT2D eigenvalue weighted by Crippen LogP contribution is -2.37. The van der Waals surface area contributed by atoms with Crippen molar-refractivity contribution in [1.82, 2.24) is 0 Å². The minimum absolute atomic E-state index is 0.0227. The predicted octanol–water partition coefficient (Wildman–Crippen LogP) is 9.96. The van der Waals surface area contributed by atoms with Crippen LogP contribution in [0.15, 0.2) is 48.6 Å². The molecule has 0 heterocycles. The maximum Gasteiger partial charge on any atom is 0.472 e. The van der Waals surface area contributed by atoms with Crippen molar-refractivity contribution in [2.24, 2.45) is 0 Å². The van der Waals surface area contributed by atoms with Crippen LogP contribution in [0.5, 0.6) is 0 Å². The zero-order valence-electron chi connectivity index (χ0n) is 31.7. The van der Waals surface area contributed by atoms with E-state index in [9.17, 15) is 19.0 Å². The van der Waals surface area contributed by atoms with E-state index in [1.807, 2.05) is 21.1 Å². The number of phosphoric ester groups is 1. The van der Waals surface area contributed by atoms with Crippen molar-refractivity contribution in [2.45, 2.75) is 142 Å². The molecule has 0 aromatic carbocycles. The van der Waals surface area contributed by atoms with Gasteiger partial charge in [-0.05, 0) is 51.4 Å². The van der Waals surface area contributed by atoms with Crippen molar-refractivity contribution in [3.05, 3.63) is 48.6 Å². The van der Waals surface area contributed by atoms with Crippen LogP contribution < -0.4 is 0 Å². The summed E-state index contributed by atoms with van der Waals surface area (Å²) < 4.78 is 34.1. The number of quaternary nitrogens is 1. The van der Waals surface area contributed by atoms with Gasteiger partial charge in [0, 0.05) is 12.8 Å². The summed E-state index contributed by atoms with van der Waals surface area (Å²) in [6, 6.07) is 0. The van der Waals surface area contributed by atoms with Crippen LogP contribution in [0.1, 0.15) is 136 Å². The Balaban J connectivity index is 4.54. The van der Waals surface area contributed by atoms with Gasteiger partial charge in [0.05, 0.1) is 27.7 Å². The molecule has 10 heteroatoms. The molecule has 284 valence electrons. The largest absolute Gasteiger partial charge is 0.472 e. The van der Waals surface area contributed by atoms with Gasteiger partial charge in [-0.2, -0.15) is 0 Å². The van der Waals surface area contributed by atoms with Gasteiger partial charge in [0.15, 0.2) is 6.10 Å². The van der Waals surface area contributed by atoms with Crippen molar-refractivity contribution >= 4 is 19.8 Å². The zero-order valence-corrected chi connectivity index (χ0v) is 32.6. The molecule has 0 aliphatic rings. The Morgan fingerprint density at radius 1 is 0.653 bits per heavy atom. The van der Waals surface area contributed by atoms with Crippen molar-refractivity contribution in [3.8, 4) is 0 Å². The summed E-state index contributed by atoms with van der Waals surface area (Å²) in [6.07, 6.45) is 34.5. The molecule has 9 nitrogen and oxygen atoms in total. The van der Waals surface area contributed by atoms with Crippen molar-refractivity contribution in [3.63, 3.8) is 0 Å². The highest BCUT2D eigenvalue weighted by Gasteiger charge is 2.27. The number of carbonyl (C=O) groups is 2. The van der Waals surface area contributed by atoms with E-state index in [-0.39, 0.29) is 32.0 Å². The lowest BCUT2D eigenvalue weighted by Gasteiger charge is -2.24. The zero-order chi connectivity index (χ0) is 36.5. The maximum absolute atomic E-state index is 12.6. The van der Waals surface area contributed by atoms with E-state index in [4.69, 9.17) is 18.5 Å². The molecule has 49 heavy (non-hydrogen) atoms. The molecular weight excluding hydrogens is 641 g/mol. The van der Waals surface area contributed by atoms with Crippen LogP contribution in [0, 0.1) is 0 Å². The second-order valence-corrected chi connectivity index (χ2v) is 15.0. The van der Waals surface area contributed by atoms with Crippen molar-refractivity contribution < 1.29 is 42.1 Å². The summed E-state index contributed by atoms with van der Waals surface area (Å²) in [7, 11) is 1.44. The summed E-state index contributed by atoms with van der Waals surface area (Å²) in [5.41, 5.74) is 0. The molecule has 0 bridgehead atoms. The van der Waals surface area contributed by atoms with Gasteiger partial charge in [-0.15, -0.1) is 0 Å². The predicted molar refractivity (Wildman–Crippen MR) is 201 cm³/mol. The fourth-order valence-corrected chi connectivity index (χ4v) is 5.39. The lowest BCUT2D eigenvalue weighted by atomic mass is 10.1. The van der Waals surface area contributed by atoms with Gasteiger partial charge in [0.2, 0.25) is 0 Å². The molecule has 0 amide bonds. The van der Waals surface area contributed by atoms with E-state index in [0.29, 0.717) is 17.4 Å². The SMILES string of the molecule is CC/C=C/C/C=C/C/C=C/C/C=C/CCCCC(=O)O[C@H](COC(=O)CCCCCCCCCCCC)COP(=O)(O)OCC[N+](C)(C)C. The van der Waals surface area contributed by atoms with Crippen LogP contribution in [-0.2, 0) is 32.7 Å². The smallest absolute Gasteiger partial charge is 0.462 e. The molecule has 0 saturated heterocycles. The highest BCUT2D eigenvalue weighted by atomic mass is 31.2. The number of hydrogen-bond donors (Lipinski definition) is 1. The van der Waals surface area contributed by atoms with E-state index in [0.717, 1.165) is 57.8 Å². The molecule has 0 aliphatic carbocycles. The third-order valence-electron chi connectivity index (χ3n) is 7.62. The second-order valence-electron chi connectivity index (χ2n) is 13.6. The molecule has 0 aromatic heterocycles. The number of ether oxygens (including phenoxy) is 2. The average molecular weight is 713 g/mol. The number of likely N-dealkylation sites (N-methyl/N-ethyl adjacent to an activating group) is 1. The van der Waals surface area contributed by atoms with Crippen LogP contribution >= 0.6 is 7.82 Å². The second kappa shape index (κ2) is 31.9. The summed E-state index contributed by atoms with van der Waals surface area (Å²) in [6.45, 7) is 4.21. The number of rotatable bonds is 33. The fourth-order valence-electron chi connectivity index (χ4n) is 4.65. The molecule has 0 fully saturated rings. The number of nitrogens with zero attached hydrogens (tertiary/aromatic N) is 1. The maximum atomic E-state index is 12.6. The topological polar surface area (TPSA) is 108 Å². The van der Waals surface area contributed by atoms with E-state index >= 15 is 0 Å². The molecule has 0 aliphatic heterocycles. The summed E-state index contributed by atoms with van der Waals surface area (Å²) in [5.74, 6) is -0.854. The minimum atomic E-state index is -4.38. The highest BCUT2D eigenvalue weighted by molar-refractivity contribution is 7.47. The normalized spacial score (nSPS) is 14.3. The van der Waals surface area contributed by atoms with E-state index < -0.39 is 26.5 Å². The Morgan fingerprint density at radius 2 is 1.16 bits per heavy atom. The first-order valence-electron chi connectivity index (χ1n) is 18.9. The van der Waals surface area contributed by atoms with E-state index in [1.54, 1.807) is 0 Å². The first kappa shape index (κ1) is 47.0. The molecule has 0 aromatic rings. The first-order chi connectivity index (χ1) is 23.5. The molecular formula is C39H71NO8P+. The van der Waals surface area contributed by atoms with Gasteiger partial charge >= 0.3 is 19.8 Å². The summed E-state index contributed by atoms with van der Waals surface area (Å²) in [4.78, 5) is 35.1. The summed E-state index contributed by atoms with van der Waals surface area (Å²) >= 11 is 0. The van der Waals surface area contributed by atoms with Crippen LogP contribution in [0.3, 0.4) is 0 Å². The summed E-state index contributed by atoms with van der Waals surface area (Å²) in [5, 5.41) is 0. The lowest BCUT2D eigenvalue weighted by molar-refractivity contribution is -0.870. The number of phosphoric acid groups is 1. The number of unbranched alkanes of at least 4 members (excludes halogenated alkanes) is 11. The van der Waals surface area contributed by atoms with Crippen LogP contribution in [-0.4, -0.2) is 74.9 Å². The third kappa shape index (κ3) is 35.6. The highest BCUT2D eigenvalue weighted by Crippen LogP contribution is 2.43. The number of esters is 2. The van der Waals surface area contributed by atoms with Crippen molar-refractivity contribution in [1.29, 1.82) is 0 Å². The van der Waals surface area contributed by atoms with Crippen LogP contribution in [0.4, 0.5) is 0 Å². The number of allylic oxidation sites excluding steroid dienone is 8. The van der Waals surface area contributed by atoms with E-state index in [1.165, 1.54) is 44.9 Å². The van der Waals surface area contributed by atoms with E-state index in [2.05, 4.69) is 62.5 Å².